The van der Waals surface area contributed by atoms with Crippen LogP contribution in [-0.2, 0) is 18.9 Å². The Bertz CT molecular complexity index is 261. The highest BCUT2D eigenvalue weighted by atomic mass is 16.8. The van der Waals surface area contributed by atoms with E-state index in [1.165, 1.54) is 0 Å². The second-order valence-corrected chi connectivity index (χ2v) is 4.67. The van der Waals surface area contributed by atoms with Gasteiger partial charge in [0, 0.05) is 19.7 Å². The van der Waals surface area contributed by atoms with Gasteiger partial charge in [-0.25, -0.2) is 0 Å². The maximum Gasteiger partial charge on any atom is 0.190 e. The van der Waals surface area contributed by atoms with Crippen molar-refractivity contribution in [1.29, 1.82) is 0 Å². The van der Waals surface area contributed by atoms with E-state index in [0.29, 0.717) is 6.54 Å². The Labute approximate surface area is 95.1 Å². The van der Waals surface area contributed by atoms with Crippen molar-refractivity contribution in [2.24, 2.45) is 11.5 Å². The molecule has 0 saturated carbocycles. The Hall–Kier alpha value is -0.240. The highest BCUT2D eigenvalue weighted by Crippen LogP contribution is 2.38. The van der Waals surface area contributed by atoms with Gasteiger partial charge in [0.15, 0.2) is 12.1 Å². The van der Waals surface area contributed by atoms with Gasteiger partial charge in [-0.2, -0.15) is 0 Å². The maximum absolute atomic E-state index is 5.87. The SMILES string of the molecule is CO[C@@H]1[C@H]2OC(C)(C)O[C@H]2O[C@@H]1[C@@H](N)CN. The van der Waals surface area contributed by atoms with Gasteiger partial charge in [-0.05, 0) is 13.8 Å². The predicted molar refractivity (Wildman–Crippen MR) is 56.5 cm³/mol. The fourth-order valence-electron chi connectivity index (χ4n) is 2.25. The summed E-state index contributed by atoms with van der Waals surface area (Å²) >= 11 is 0. The maximum atomic E-state index is 5.87. The van der Waals surface area contributed by atoms with Gasteiger partial charge in [-0.3, -0.25) is 0 Å². The van der Waals surface area contributed by atoms with E-state index in [-0.39, 0.29) is 24.4 Å². The first kappa shape index (κ1) is 12.2. The summed E-state index contributed by atoms with van der Waals surface area (Å²) < 4.78 is 22.4. The third kappa shape index (κ3) is 1.97. The van der Waals surface area contributed by atoms with Crippen LogP contribution in [0.25, 0.3) is 0 Å². The van der Waals surface area contributed by atoms with E-state index >= 15 is 0 Å². The molecular formula is C10H20N2O4. The highest BCUT2D eigenvalue weighted by molar-refractivity contribution is 4.98. The number of hydrogen-bond donors (Lipinski definition) is 2. The summed E-state index contributed by atoms with van der Waals surface area (Å²) in [7, 11) is 1.61. The smallest absolute Gasteiger partial charge is 0.190 e. The van der Waals surface area contributed by atoms with Gasteiger partial charge in [0.2, 0.25) is 0 Å². The highest BCUT2D eigenvalue weighted by Gasteiger charge is 2.56. The molecule has 0 unspecified atom stereocenters. The van der Waals surface area contributed by atoms with Crippen molar-refractivity contribution >= 4 is 0 Å². The molecule has 0 aliphatic carbocycles. The molecule has 6 nitrogen and oxygen atoms in total. The molecule has 0 radical (unpaired) electrons. The Kier molecular flexibility index (Phi) is 3.22. The van der Waals surface area contributed by atoms with E-state index < -0.39 is 12.1 Å². The molecular weight excluding hydrogens is 212 g/mol. The van der Waals surface area contributed by atoms with Crippen LogP contribution in [0.3, 0.4) is 0 Å². The molecule has 5 atom stereocenters. The number of nitrogens with two attached hydrogens (primary N) is 2. The molecule has 94 valence electrons. The van der Waals surface area contributed by atoms with Gasteiger partial charge in [0.1, 0.15) is 18.3 Å². The second kappa shape index (κ2) is 4.21. The largest absolute Gasteiger partial charge is 0.376 e. The van der Waals surface area contributed by atoms with Gasteiger partial charge in [-0.15, -0.1) is 0 Å². The summed E-state index contributed by atoms with van der Waals surface area (Å²) in [5.41, 5.74) is 11.4. The zero-order chi connectivity index (χ0) is 11.9. The summed E-state index contributed by atoms with van der Waals surface area (Å²) in [6.07, 6.45) is -1.16. The van der Waals surface area contributed by atoms with Crippen LogP contribution >= 0.6 is 0 Å². The van der Waals surface area contributed by atoms with E-state index in [0.717, 1.165) is 0 Å². The minimum atomic E-state index is -0.635. The van der Waals surface area contributed by atoms with Gasteiger partial charge >= 0.3 is 0 Å². The van der Waals surface area contributed by atoms with Crippen molar-refractivity contribution < 1.29 is 18.9 Å². The Morgan fingerprint density at radius 1 is 1.38 bits per heavy atom. The van der Waals surface area contributed by atoms with E-state index in [2.05, 4.69) is 0 Å². The number of methoxy groups -OCH3 is 1. The van der Waals surface area contributed by atoms with Crippen molar-refractivity contribution in [2.75, 3.05) is 13.7 Å². The first-order valence-corrected chi connectivity index (χ1v) is 5.48. The number of fused-ring (bicyclic) bond motifs is 1. The van der Waals surface area contributed by atoms with Gasteiger partial charge in [0.05, 0.1) is 0 Å². The third-order valence-corrected chi connectivity index (χ3v) is 2.99. The van der Waals surface area contributed by atoms with Crippen molar-refractivity contribution in [3.63, 3.8) is 0 Å². The molecule has 2 rings (SSSR count). The summed E-state index contributed by atoms with van der Waals surface area (Å²) in [4.78, 5) is 0. The Morgan fingerprint density at radius 2 is 2.06 bits per heavy atom. The number of rotatable bonds is 3. The number of ether oxygens (including phenoxy) is 4. The van der Waals surface area contributed by atoms with E-state index in [9.17, 15) is 0 Å². The summed E-state index contributed by atoms with van der Waals surface area (Å²) in [5, 5.41) is 0. The topological polar surface area (TPSA) is 89.0 Å². The van der Waals surface area contributed by atoms with Crippen LogP contribution in [0.15, 0.2) is 0 Å². The van der Waals surface area contributed by atoms with Gasteiger partial charge in [-0.1, -0.05) is 0 Å². The minimum Gasteiger partial charge on any atom is -0.376 e. The number of hydrogen-bond acceptors (Lipinski definition) is 6. The lowest BCUT2D eigenvalue weighted by atomic mass is 10.0. The first-order valence-electron chi connectivity index (χ1n) is 5.48. The van der Waals surface area contributed by atoms with E-state index in [1.807, 2.05) is 13.8 Å². The van der Waals surface area contributed by atoms with E-state index in [4.69, 9.17) is 30.4 Å². The average molecular weight is 232 g/mol. The third-order valence-electron chi connectivity index (χ3n) is 2.99. The van der Waals surface area contributed by atoms with Crippen LogP contribution in [0, 0.1) is 0 Å². The molecule has 0 aromatic rings. The molecule has 2 aliphatic rings. The molecule has 0 aromatic heterocycles. The minimum absolute atomic E-state index is 0.231. The molecule has 2 fully saturated rings. The monoisotopic (exact) mass is 232 g/mol. The Morgan fingerprint density at radius 3 is 2.62 bits per heavy atom. The van der Waals surface area contributed by atoms with E-state index in [1.54, 1.807) is 7.11 Å². The van der Waals surface area contributed by atoms with Crippen molar-refractivity contribution in [2.45, 2.75) is 50.3 Å². The lowest BCUT2D eigenvalue weighted by Crippen LogP contribution is -2.49. The lowest BCUT2D eigenvalue weighted by Gasteiger charge is -2.27. The molecule has 0 aromatic carbocycles. The molecule has 2 heterocycles. The van der Waals surface area contributed by atoms with Crippen LogP contribution < -0.4 is 11.5 Å². The average Bonchev–Trinajstić information content (AvgIpc) is 2.68. The zero-order valence-corrected chi connectivity index (χ0v) is 9.88. The molecule has 6 heteroatoms. The van der Waals surface area contributed by atoms with Crippen LogP contribution in [0.5, 0.6) is 0 Å². The second-order valence-electron chi connectivity index (χ2n) is 4.67. The fourth-order valence-corrected chi connectivity index (χ4v) is 2.25. The summed E-state index contributed by atoms with van der Waals surface area (Å²) in [5.74, 6) is -0.635. The normalized spacial score (nSPS) is 43.3. The molecule has 2 aliphatic heterocycles. The van der Waals surface area contributed by atoms with Gasteiger partial charge in [0.25, 0.3) is 0 Å². The molecule has 0 bridgehead atoms. The van der Waals surface area contributed by atoms with Crippen LogP contribution in [-0.4, -0.2) is 50.1 Å². The summed E-state index contributed by atoms with van der Waals surface area (Å²) in [6.45, 7) is 4.03. The molecule has 16 heavy (non-hydrogen) atoms. The first-order chi connectivity index (χ1) is 7.48. The quantitative estimate of drug-likeness (QED) is 0.660. The fraction of sp³-hybridized carbons (Fsp3) is 1.00. The van der Waals surface area contributed by atoms with Crippen LogP contribution in [0.1, 0.15) is 13.8 Å². The van der Waals surface area contributed by atoms with Crippen LogP contribution in [0.2, 0.25) is 0 Å². The molecule has 0 spiro atoms. The van der Waals surface area contributed by atoms with Crippen LogP contribution in [0.4, 0.5) is 0 Å². The molecule has 2 saturated heterocycles. The molecule has 4 N–H and O–H groups in total. The molecule has 0 amide bonds. The van der Waals surface area contributed by atoms with Crippen molar-refractivity contribution in [3.8, 4) is 0 Å². The summed E-state index contributed by atoms with van der Waals surface area (Å²) in [6, 6.07) is -0.272. The lowest BCUT2D eigenvalue weighted by molar-refractivity contribution is -0.218. The standard InChI is InChI=1S/C10H20N2O4/c1-10(2)15-8-7(13-3)6(5(12)4-11)14-9(8)16-10/h5-9H,4,11-12H2,1-3H3/t5-,6+,7-,8+,9+/m0/s1. The zero-order valence-electron chi connectivity index (χ0n) is 9.88. The Balaban J connectivity index is 2.09. The van der Waals surface area contributed by atoms with Gasteiger partial charge < -0.3 is 30.4 Å². The van der Waals surface area contributed by atoms with Crippen molar-refractivity contribution in [1.82, 2.24) is 0 Å². The van der Waals surface area contributed by atoms with Crippen molar-refractivity contribution in [3.05, 3.63) is 0 Å². The predicted octanol–water partition coefficient (Wildman–Crippen LogP) is -0.836.